The summed E-state index contributed by atoms with van der Waals surface area (Å²) in [5.41, 5.74) is 8.64. The molecule has 6 heteroatoms. The highest BCUT2D eigenvalue weighted by atomic mass is 16.6. The van der Waals surface area contributed by atoms with Crippen LogP contribution in [0.5, 0.6) is 0 Å². The van der Waals surface area contributed by atoms with Crippen molar-refractivity contribution in [3.8, 4) is 0 Å². The average Bonchev–Trinajstić information content (AvgIpc) is 2.43. The fourth-order valence-electron chi connectivity index (χ4n) is 1.99. The van der Waals surface area contributed by atoms with Gasteiger partial charge in [0.2, 0.25) is 0 Å². The minimum atomic E-state index is -0.646. The molecular weight excluding hydrogens is 270 g/mol. The van der Waals surface area contributed by atoms with E-state index in [1.54, 1.807) is 6.07 Å². The van der Waals surface area contributed by atoms with E-state index in [-0.39, 0.29) is 5.69 Å². The molecule has 0 aliphatic carbocycles. The normalized spacial score (nSPS) is 10.2. The van der Waals surface area contributed by atoms with Crippen molar-refractivity contribution in [2.45, 2.75) is 13.8 Å². The Morgan fingerprint density at radius 2 is 1.62 bits per heavy atom. The lowest BCUT2D eigenvalue weighted by Crippen LogP contribution is -2.31. The molecule has 2 aromatic rings. The number of hydrogen-bond donors (Lipinski definition) is 1. The fraction of sp³-hybridized carbons (Fsp3) is 0.133. The number of primary amides is 1. The van der Waals surface area contributed by atoms with Crippen molar-refractivity contribution in [3.05, 3.63) is 63.7 Å². The zero-order chi connectivity index (χ0) is 15.6. The van der Waals surface area contributed by atoms with Crippen LogP contribution in [0.1, 0.15) is 11.1 Å². The second-order valence-corrected chi connectivity index (χ2v) is 4.72. The fourth-order valence-corrected chi connectivity index (χ4v) is 1.99. The molecule has 0 bridgehead atoms. The van der Waals surface area contributed by atoms with Crippen molar-refractivity contribution in [2.75, 3.05) is 4.90 Å². The number of nitrogens with zero attached hydrogens (tertiary/aromatic N) is 2. The zero-order valence-electron chi connectivity index (χ0n) is 11.7. The highest BCUT2D eigenvalue weighted by molar-refractivity contribution is 5.98. The van der Waals surface area contributed by atoms with Crippen LogP contribution in [-0.4, -0.2) is 11.0 Å². The molecule has 0 spiro atoms. The van der Waals surface area contributed by atoms with E-state index in [4.69, 9.17) is 5.73 Å². The van der Waals surface area contributed by atoms with Gasteiger partial charge in [0.25, 0.3) is 5.69 Å². The summed E-state index contributed by atoms with van der Waals surface area (Å²) < 4.78 is 0. The van der Waals surface area contributed by atoms with Gasteiger partial charge in [0.1, 0.15) is 0 Å². The van der Waals surface area contributed by atoms with E-state index < -0.39 is 11.0 Å². The number of carbonyl (C=O) groups is 1. The maximum atomic E-state index is 11.7. The van der Waals surface area contributed by atoms with Crippen LogP contribution in [0.15, 0.2) is 42.5 Å². The third-order valence-electron chi connectivity index (χ3n) is 3.29. The van der Waals surface area contributed by atoms with Crippen molar-refractivity contribution >= 4 is 23.1 Å². The van der Waals surface area contributed by atoms with Gasteiger partial charge < -0.3 is 5.73 Å². The van der Waals surface area contributed by atoms with Crippen LogP contribution in [-0.2, 0) is 0 Å². The largest absolute Gasteiger partial charge is 0.351 e. The van der Waals surface area contributed by atoms with Gasteiger partial charge in [-0.2, -0.15) is 0 Å². The van der Waals surface area contributed by atoms with E-state index in [0.29, 0.717) is 11.4 Å². The van der Waals surface area contributed by atoms with Crippen molar-refractivity contribution in [1.82, 2.24) is 0 Å². The van der Waals surface area contributed by atoms with Gasteiger partial charge in [0.15, 0.2) is 0 Å². The number of amides is 2. The molecule has 0 atom stereocenters. The van der Waals surface area contributed by atoms with Crippen LogP contribution in [0.3, 0.4) is 0 Å². The standard InChI is InChI=1S/C15H15N3O3/c1-10-3-4-14(9-11(10)2)17(15(16)19)12-5-7-13(8-6-12)18(20)21/h3-9H,1-2H3,(H2,16,19). The van der Waals surface area contributed by atoms with Crippen molar-refractivity contribution in [3.63, 3.8) is 0 Å². The van der Waals surface area contributed by atoms with Crippen molar-refractivity contribution < 1.29 is 9.72 Å². The first kappa shape index (κ1) is 14.5. The Morgan fingerprint density at radius 1 is 1.05 bits per heavy atom. The molecule has 21 heavy (non-hydrogen) atoms. The molecular formula is C15H15N3O3. The molecule has 0 unspecified atom stereocenters. The predicted molar refractivity (Wildman–Crippen MR) is 80.7 cm³/mol. The molecule has 0 aliphatic rings. The van der Waals surface area contributed by atoms with Gasteiger partial charge in [0.05, 0.1) is 16.3 Å². The number of non-ortho nitro benzene ring substituents is 1. The van der Waals surface area contributed by atoms with E-state index in [0.717, 1.165) is 11.1 Å². The number of urea groups is 1. The van der Waals surface area contributed by atoms with E-state index in [1.165, 1.54) is 29.2 Å². The van der Waals surface area contributed by atoms with Crippen LogP contribution >= 0.6 is 0 Å². The van der Waals surface area contributed by atoms with E-state index in [9.17, 15) is 14.9 Å². The number of nitro benzene ring substituents is 1. The van der Waals surface area contributed by atoms with Crippen LogP contribution < -0.4 is 10.6 Å². The lowest BCUT2D eigenvalue weighted by atomic mass is 10.1. The van der Waals surface area contributed by atoms with Gasteiger partial charge in [-0.1, -0.05) is 6.07 Å². The Hall–Kier alpha value is -2.89. The van der Waals surface area contributed by atoms with Gasteiger partial charge in [0, 0.05) is 12.1 Å². The summed E-state index contributed by atoms with van der Waals surface area (Å²) >= 11 is 0. The molecule has 2 N–H and O–H groups in total. The molecule has 0 aliphatic heterocycles. The lowest BCUT2D eigenvalue weighted by Gasteiger charge is -2.21. The first-order valence-corrected chi connectivity index (χ1v) is 6.31. The van der Waals surface area contributed by atoms with Gasteiger partial charge >= 0.3 is 6.03 Å². The first-order chi connectivity index (χ1) is 9.90. The number of anilines is 2. The number of carbonyl (C=O) groups excluding carboxylic acids is 1. The van der Waals surface area contributed by atoms with Gasteiger partial charge in [-0.05, 0) is 49.2 Å². The van der Waals surface area contributed by atoms with Gasteiger partial charge in [-0.25, -0.2) is 4.79 Å². The molecule has 2 aromatic carbocycles. The summed E-state index contributed by atoms with van der Waals surface area (Å²) in [6.45, 7) is 3.91. The third-order valence-corrected chi connectivity index (χ3v) is 3.29. The quantitative estimate of drug-likeness (QED) is 0.692. The monoisotopic (exact) mass is 285 g/mol. The topological polar surface area (TPSA) is 89.5 Å². The Labute approximate surface area is 121 Å². The van der Waals surface area contributed by atoms with Crippen molar-refractivity contribution in [1.29, 1.82) is 0 Å². The number of benzene rings is 2. The Bertz CT molecular complexity index is 696. The lowest BCUT2D eigenvalue weighted by molar-refractivity contribution is -0.384. The Morgan fingerprint density at radius 3 is 2.10 bits per heavy atom. The summed E-state index contributed by atoms with van der Waals surface area (Å²) in [5.74, 6) is 0. The average molecular weight is 285 g/mol. The summed E-state index contributed by atoms with van der Waals surface area (Å²) in [4.78, 5) is 23.2. The molecule has 0 heterocycles. The molecule has 108 valence electrons. The summed E-state index contributed by atoms with van der Waals surface area (Å²) in [6, 6.07) is 10.6. The Balaban J connectivity index is 2.45. The predicted octanol–water partition coefficient (Wildman–Crippen LogP) is 3.43. The summed E-state index contributed by atoms with van der Waals surface area (Å²) in [5, 5.41) is 10.7. The zero-order valence-corrected chi connectivity index (χ0v) is 11.7. The molecule has 0 fully saturated rings. The van der Waals surface area contributed by atoms with E-state index in [1.807, 2.05) is 26.0 Å². The third kappa shape index (κ3) is 3.00. The Kier molecular flexibility index (Phi) is 3.89. The molecule has 0 saturated heterocycles. The van der Waals surface area contributed by atoms with Crippen LogP contribution in [0, 0.1) is 24.0 Å². The molecule has 0 aromatic heterocycles. The highest BCUT2D eigenvalue weighted by Gasteiger charge is 2.16. The second kappa shape index (κ2) is 5.62. The first-order valence-electron chi connectivity index (χ1n) is 6.31. The smallest absolute Gasteiger partial charge is 0.323 e. The minimum Gasteiger partial charge on any atom is -0.351 e. The van der Waals surface area contributed by atoms with Crippen LogP contribution in [0.25, 0.3) is 0 Å². The molecule has 2 amide bonds. The molecule has 2 rings (SSSR count). The number of hydrogen-bond acceptors (Lipinski definition) is 3. The van der Waals surface area contributed by atoms with E-state index in [2.05, 4.69) is 0 Å². The maximum absolute atomic E-state index is 11.7. The maximum Gasteiger partial charge on any atom is 0.323 e. The van der Waals surface area contributed by atoms with Crippen molar-refractivity contribution in [2.24, 2.45) is 5.73 Å². The molecule has 0 saturated carbocycles. The number of aryl methyl sites for hydroxylation is 2. The van der Waals surface area contributed by atoms with Crippen LogP contribution in [0.4, 0.5) is 21.9 Å². The number of nitro groups is 1. The number of rotatable bonds is 3. The molecule has 6 nitrogen and oxygen atoms in total. The summed E-state index contributed by atoms with van der Waals surface area (Å²) in [7, 11) is 0. The van der Waals surface area contributed by atoms with Gasteiger partial charge in [-0.3, -0.25) is 15.0 Å². The highest BCUT2D eigenvalue weighted by Crippen LogP contribution is 2.28. The molecule has 0 radical (unpaired) electrons. The SMILES string of the molecule is Cc1ccc(N(C(N)=O)c2ccc([N+](=O)[O-])cc2)cc1C. The minimum absolute atomic E-state index is 0.0387. The van der Waals surface area contributed by atoms with Crippen LogP contribution in [0.2, 0.25) is 0 Å². The van der Waals surface area contributed by atoms with Gasteiger partial charge in [-0.15, -0.1) is 0 Å². The summed E-state index contributed by atoms with van der Waals surface area (Å²) in [6.07, 6.45) is 0. The van der Waals surface area contributed by atoms with E-state index >= 15 is 0 Å². The number of nitrogens with two attached hydrogens (primary N) is 1. The second-order valence-electron chi connectivity index (χ2n) is 4.72.